The number of hydrogen-bond acceptors (Lipinski definition) is 6. The SMILES string of the molecule is CC(C)(C)OC(=O)N[C@H]1CCN(S(=O)(=O)c2ccccc2[N+](=O)[O-])C1. The zero-order valence-electron chi connectivity index (χ0n) is 14.3. The molecule has 0 aliphatic carbocycles. The van der Waals surface area contributed by atoms with E-state index >= 15 is 0 Å². The number of nitro groups is 1. The van der Waals surface area contributed by atoms with Gasteiger partial charge in [0.2, 0.25) is 10.0 Å². The number of para-hydroxylation sites is 1. The van der Waals surface area contributed by atoms with E-state index in [1.165, 1.54) is 18.2 Å². The lowest BCUT2D eigenvalue weighted by atomic mass is 10.2. The van der Waals surface area contributed by atoms with Crippen molar-refractivity contribution in [3.05, 3.63) is 34.4 Å². The van der Waals surface area contributed by atoms with Crippen molar-refractivity contribution in [2.75, 3.05) is 13.1 Å². The highest BCUT2D eigenvalue weighted by molar-refractivity contribution is 7.89. The van der Waals surface area contributed by atoms with Gasteiger partial charge in [-0.3, -0.25) is 10.1 Å². The number of carbonyl (C=O) groups excluding carboxylic acids is 1. The molecule has 1 heterocycles. The normalized spacial score (nSPS) is 18.8. The van der Waals surface area contributed by atoms with Gasteiger partial charge < -0.3 is 10.1 Å². The average Bonchev–Trinajstić information content (AvgIpc) is 2.94. The number of nitro benzene ring substituents is 1. The van der Waals surface area contributed by atoms with E-state index in [0.717, 1.165) is 10.4 Å². The molecule has 10 heteroatoms. The number of nitrogens with zero attached hydrogens (tertiary/aromatic N) is 2. The third-order valence-corrected chi connectivity index (χ3v) is 5.46. The molecule has 0 radical (unpaired) electrons. The number of nitrogens with one attached hydrogen (secondary N) is 1. The van der Waals surface area contributed by atoms with Gasteiger partial charge in [0, 0.05) is 25.2 Å². The van der Waals surface area contributed by atoms with Gasteiger partial charge >= 0.3 is 6.09 Å². The molecule has 0 aromatic heterocycles. The Morgan fingerprint density at radius 1 is 1.36 bits per heavy atom. The van der Waals surface area contributed by atoms with Crippen LogP contribution in [0.5, 0.6) is 0 Å². The number of hydrogen-bond donors (Lipinski definition) is 1. The molecule has 1 amide bonds. The second-order valence-electron chi connectivity index (χ2n) is 6.72. The van der Waals surface area contributed by atoms with Crippen LogP contribution >= 0.6 is 0 Å². The van der Waals surface area contributed by atoms with Crippen LogP contribution in [0, 0.1) is 10.1 Å². The summed E-state index contributed by atoms with van der Waals surface area (Å²) in [6.07, 6.45) is -0.221. The number of carbonyl (C=O) groups is 1. The van der Waals surface area contributed by atoms with Crippen LogP contribution in [0.4, 0.5) is 10.5 Å². The lowest BCUT2D eigenvalue weighted by Crippen LogP contribution is -2.41. The summed E-state index contributed by atoms with van der Waals surface area (Å²) in [7, 11) is -4.02. The van der Waals surface area contributed by atoms with Gasteiger partial charge in [0.15, 0.2) is 4.90 Å². The van der Waals surface area contributed by atoms with Crippen LogP contribution in [0.2, 0.25) is 0 Å². The van der Waals surface area contributed by atoms with E-state index in [0.29, 0.717) is 6.42 Å². The number of amides is 1. The van der Waals surface area contributed by atoms with Crippen molar-refractivity contribution in [3.63, 3.8) is 0 Å². The molecule has 1 aliphatic rings. The first-order chi connectivity index (χ1) is 11.5. The highest BCUT2D eigenvalue weighted by Crippen LogP contribution is 2.28. The summed E-state index contributed by atoms with van der Waals surface area (Å²) in [5.74, 6) is 0. The molecule has 1 fully saturated rings. The lowest BCUT2D eigenvalue weighted by molar-refractivity contribution is -0.387. The molecule has 1 aromatic rings. The molecule has 1 saturated heterocycles. The molecule has 138 valence electrons. The van der Waals surface area contributed by atoms with E-state index in [4.69, 9.17) is 4.74 Å². The molecular formula is C15H21N3O6S. The van der Waals surface area contributed by atoms with E-state index in [-0.39, 0.29) is 18.0 Å². The monoisotopic (exact) mass is 371 g/mol. The Morgan fingerprint density at radius 3 is 2.60 bits per heavy atom. The smallest absolute Gasteiger partial charge is 0.407 e. The topological polar surface area (TPSA) is 119 Å². The summed E-state index contributed by atoms with van der Waals surface area (Å²) < 4.78 is 31.7. The van der Waals surface area contributed by atoms with Gasteiger partial charge in [-0.05, 0) is 33.3 Å². The maximum atomic E-state index is 12.7. The van der Waals surface area contributed by atoms with Crippen LogP contribution < -0.4 is 5.32 Å². The molecule has 1 N–H and O–H groups in total. The van der Waals surface area contributed by atoms with Crippen LogP contribution in [0.15, 0.2) is 29.2 Å². The van der Waals surface area contributed by atoms with Crippen molar-refractivity contribution in [3.8, 4) is 0 Å². The summed E-state index contributed by atoms with van der Waals surface area (Å²) in [5, 5.41) is 13.7. The second kappa shape index (κ2) is 6.96. The van der Waals surface area contributed by atoms with Gasteiger partial charge in [-0.15, -0.1) is 0 Å². The summed E-state index contributed by atoms with van der Waals surface area (Å²) in [5.41, 5.74) is -1.12. The minimum Gasteiger partial charge on any atom is -0.444 e. The summed E-state index contributed by atoms with van der Waals surface area (Å²) >= 11 is 0. The predicted octanol–water partition coefficient (Wildman–Crippen LogP) is 1.88. The lowest BCUT2D eigenvalue weighted by Gasteiger charge is -2.22. The summed E-state index contributed by atoms with van der Waals surface area (Å²) in [6.45, 7) is 5.38. The van der Waals surface area contributed by atoms with Crippen molar-refractivity contribution in [1.82, 2.24) is 9.62 Å². The first-order valence-corrected chi connectivity index (χ1v) is 9.18. The van der Waals surface area contributed by atoms with E-state index in [1.807, 2.05) is 0 Å². The zero-order chi connectivity index (χ0) is 18.8. The van der Waals surface area contributed by atoms with Gasteiger partial charge in [-0.25, -0.2) is 13.2 Å². The van der Waals surface area contributed by atoms with Gasteiger partial charge in [0.25, 0.3) is 5.69 Å². The third-order valence-electron chi connectivity index (χ3n) is 3.55. The van der Waals surface area contributed by atoms with Crippen LogP contribution in [-0.4, -0.2) is 48.5 Å². The van der Waals surface area contributed by atoms with Crippen LogP contribution in [0.3, 0.4) is 0 Å². The first kappa shape index (κ1) is 19.1. The Hall–Kier alpha value is -2.20. The average molecular weight is 371 g/mol. The molecule has 1 aliphatic heterocycles. The van der Waals surface area contributed by atoms with Gasteiger partial charge in [-0.2, -0.15) is 4.31 Å². The number of sulfonamides is 1. The van der Waals surface area contributed by atoms with Gasteiger partial charge in [-0.1, -0.05) is 12.1 Å². The molecule has 0 unspecified atom stereocenters. The molecule has 0 saturated carbocycles. The van der Waals surface area contributed by atoms with Crippen LogP contribution in [0.1, 0.15) is 27.2 Å². The highest BCUT2D eigenvalue weighted by Gasteiger charge is 2.37. The molecule has 9 nitrogen and oxygen atoms in total. The Balaban J connectivity index is 2.11. The fourth-order valence-corrected chi connectivity index (χ4v) is 4.16. The molecule has 1 aromatic carbocycles. The number of benzene rings is 1. The van der Waals surface area contributed by atoms with Crippen molar-refractivity contribution in [2.45, 2.75) is 43.7 Å². The number of rotatable bonds is 4. The van der Waals surface area contributed by atoms with Crippen molar-refractivity contribution in [2.24, 2.45) is 0 Å². The Labute approximate surface area is 146 Å². The van der Waals surface area contributed by atoms with Crippen molar-refractivity contribution in [1.29, 1.82) is 0 Å². The largest absolute Gasteiger partial charge is 0.444 e. The molecule has 25 heavy (non-hydrogen) atoms. The molecular weight excluding hydrogens is 350 g/mol. The zero-order valence-corrected chi connectivity index (χ0v) is 15.1. The van der Waals surface area contributed by atoms with Gasteiger partial charge in [0.05, 0.1) is 4.92 Å². The van der Waals surface area contributed by atoms with Crippen molar-refractivity contribution < 1.29 is 22.9 Å². The second-order valence-corrected chi connectivity index (χ2v) is 8.63. The summed E-state index contributed by atoms with van der Waals surface area (Å²) in [4.78, 5) is 21.8. The van der Waals surface area contributed by atoms with Crippen molar-refractivity contribution >= 4 is 21.8 Å². The molecule has 2 rings (SSSR count). The first-order valence-electron chi connectivity index (χ1n) is 7.74. The van der Waals surface area contributed by atoms with Crippen LogP contribution in [-0.2, 0) is 14.8 Å². The van der Waals surface area contributed by atoms with E-state index in [9.17, 15) is 23.3 Å². The minimum atomic E-state index is -4.02. The Morgan fingerprint density at radius 2 is 2.00 bits per heavy atom. The molecule has 0 spiro atoms. The Kier molecular flexibility index (Phi) is 5.33. The van der Waals surface area contributed by atoms with E-state index in [1.54, 1.807) is 20.8 Å². The third kappa shape index (κ3) is 4.67. The van der Waals surface area contributed by atoms with Gasteiger partial charge in [0.1, 0.15) is 5.60 Å². The number of ether oxygens (including phenoxy) is 1. The quantitative estimate of drug-likeness (QED) is 0.637. The fraction of sp³-hybridized carbons (Fsp3) is 0.533. The van der Waals surface area contributed by atoms with Crippen LogP contribution in [0.25, 0.3) is 0 Å². The molecule has 1 atom stereocenters. The summed E-state index contributed by atoms with van der Waals surface area (Å²) in [6, 6.07) is 4.80. The Bertz CT molecular complexity index is 772. The fourth-order valence-electron chi connectivity index (χ4n) is 2.50. The predicted molar refractivity (Wildman–Crippen MR) is 89.6 cm³/mol. The maximum Gasteiger partial charge on any atom is 0.407 e. The minimum absolute atomic E-state index is 0.0353. The standard InChI is InChI=1S/C15H21N3O6S/c1-15(2,3)24-14(19)16-11-8-9-17(10-11)25(22,23)13-7-5-4-6-12(13)18(20)21/h4-7,11H,8-10H2,1-3H3,(H,16,19)/t11-/m0/s1. The van der Waals surface area contributed by atoms with E-state index < -0.39 is 38.4 Å². The van der Waals surface area contributed by atoms with E-state index in [2.05, 4.69) is 5.32 Å². The highest BCUT2D eigenvalue weighted by atomic mass is 32.2. The molecule has 0 bridgehead atoms. The number of alkyl carbamates (subject to hydrolysis) is 1. The maximum absolute atomic E-state index is 12.7.